The topological polar surface area (TPSA) is 61.8 Å². The summed E-state index contributed by atoms with van der Waals surface area (Å²) < 4.78 is 0.882. The van der Waals surface area contributed by atoms with E-state index < -0.39 is 0 Å². The summed E-state index contributed by atoms with van der Waals surface area (Å²) >= 11 is 3.42. The zero-order valence-electron chi connectivity index (χ0n) is 12.0. The van der Waals surface area contributed by atoms with Gasteiger partial charge in [0.25, 0.3) is 0 Å². The summed E-state index contributed by atoms with van der Waals surface area (Å²) in [5.41, 5.74) is 9.68. The molecule has 2 aromatic rings. The van der Waals surface area contributed by atoms with Crippen molar-refractivity contribution in [2.45, 2.75) is 13.8 Å². The maximum atomic E-state index is 8.99. The number of amidine groups is 1. The zero-order chi connectivity index (χ0) is 15.4. The number of hydrogen-bond donors (Lipinski definition) is 2. The highest BCUT2D eigenvalue weighted by Crippen LogP contribution is 2.30. The van der Waals surface area contributed by atoms with Crippen LogP contribution in [-0.2, 0) is 0 Å². The van der Waals surface area contributed by atoms with Crippen molar-refractivity contribution >= 4 is 33.1 Å². The molecule has 0 aliphatic carbocycles. The van der Waals surface area contributed by atoms with E-state index >= 15 is 0 Å². The lowest BCUT2D eigenvalue weighted by atomic mass is 10.1. The number of hydrogen-bond acceptors (Lipinski definition) is 3. The third-order valence-corrected chi connectivity index (χ3v) is 3.79. The summed E-state index contributed by atoms with van der Waals surface area (Å²) in [4.78, 5) is 2.12. The molecule has 110 valence electrons. The molecular formula is C16H18BrN3O. The molecule has 0 aromatic heterocycles. The molecule has 5 heteroatoms. The van der Waals surface area contributed by atoms with E-state index in [9.17, 15) is 0 Å². The number of aryl methyl sites for hydroxylation is 1. The van der Waals surface area contributed by atoms with Gasteiger partial charge in [-0.25, -0.2) is 0 Å². The largest absolute Gasteiger partial charge is 0.409 e. The van der Waals surface area contributed by atoms with Gasteiger partial charge in [-0.15, -0.1) is 0 Å². The van der Waals surface area contributed by atoms with E-state index in [1.807, 2.05) is 18.2 Å². The molecule has 3 N–H and O–H groups in total. The van der Waals surface area contributed by atoms with E-state index in [-0.39, 0.29) is 5.84 Å². The van der Waals surface area contributed by atoms with Crippen molar-refractivity contribution in [3.8, 4) is 0 Å². The number of halogens is 1. The molecule has 0 bridgehead atoms. The predicted octanol–water partition coefficient (Wildman–Crippen LogP) is 4.01. The molecule has 0 aliphatic rings. The number of nitrogens with two attached hydrogens (primary N) is 1. The minimum atomic E-state index is 0.0943. The first-order chi connectivity index (χ1) is 10.1. The monoisotopic (exact) mass is 347 g/mol. The molecule has 4 nitrogen and oxygen atoms in total. The quantitative estimate of drug-likeness (QED) is 0.380. The second-order valence-corrected chi connectivity index (χ2v) is 5.64. The third kappa shape index (κ3) is 3.36. The normalized spacial score (nSPS) is 11.5. The molecule has 0 heterocycles. The molecule has 0 amide bonds. The van der Waals surface area contributed by atoms with Crippen LogP contribution in [0.3, 0.4) is 0 Å². The molecule has 0 saturated heterocycles. The summed E-state index contributed by atoms with van der Waals surface area (Å²) in [6.45, 7) is 4.90. The van der Waals surface area contributed by atoms with Gasteiger partial charge >= 0.3 is 0 Å². The average Bonchev–Trinajstić information content (AvgIpc) is 2.50. The summed E-state index contributed by atoms with van der Waals surface area (Å²) in [5.74, 6) is 0.0943. The molecule has 0 spiro atoms. The maximum absolute atomic E-state index is 8.99. The number of oxime groups is 1. The first kappa shape index (κ1) is 15.4. The predicted molar refractivity (Wildman–Crippen MR) is 90.5 cm³/mol. The summed E-state index contributed by atoms with van der Waals surface area (Å²) in [5, 5.41) is 12.1. The SMILES string of the molecule is CCN(c1ccc(C)cc1)c1ccc(Br)cc1/C(N)=N/O. The van der Waals surface area contributed by atoms with Crippen LogP contribution in [-0.4, -0.2) is 17.6 Å². The average molecular weight is 348 g/mol. The molecule has 0 saturated carbocycles. The van der Waals surface area contributed by atoms with Crippen LogP contribution < -0.4 is 10.6 Å². The fourth-order valence-corrected chi connectivity index (χ4v) is 2.58. The van der Waals surface area contributed by atoms with E-state index in [4.69, 9.17) is 10.9 Å². The maximum Gasteiger partial charge on any atom is 0.172 e. The van der Waals surface area contributed by atoms with Crippen LogP contribution in [0.1, 0.15) is 18.1 Å². The second-order valence-electron chi connectivity index (χ2n) is 4.73. The van der Waals surface area contributed by atoms with Crippen molar-refractivity contribution in [2.75, 3.05) is 11.4 Å². The molecule has 2 aromatic carbocycles. The molecule has 21 heavy (non-hydrogen) atoms. The van der Waals surface area contributed by atoms with Crippen molar-refractivity contribution in [1.29, 1.82) is 0 Å². The van der Waals surface area contributed by atoms with Crippen LogP contribution in [0.25, 0.3) is 0 Å². The van der Waals surface area contributed by atoms with Gasteiger partial charge in [0.2, 0.25) is 0 Å². The number of benzene rings is 2. The van der Waals surface area contributed by atoms with Crippen LogP contribution in [0.15, 0.2) is 52.1 Å². The number of rotatable bonds is 4. The van der Waals surface area contributed by atoms with Crippen LogP contribution in [0, 0.1) is 6.92 Å². The summed E-state index contributed by atoms with van der Waals surface area (Å²) in [6, 6.07) is 14.0. The standard InChI is InChI=1S/C16H18BrN3O/c1-3-20(13-7-4-11(2)5-8-13)15-9-6-12(17)10-14(15)16(18)19-21/h4-10,21H,3H2,1-2H3,(H2,18,19). The van der Waals surface area contributed by atoms with E-state index in [0.29, 0.717) is 5.56 Å². The van der Waals surface area contributed by atoms with Gasteiger partial charge in [0.15, 0.2) is 5.84 Å². The van der Waals surface area contributed by atoms with Crippen LogP contribution in [0.4, 0.5) is 11.4 Å². The molecule has 0 radical (unpaired) electrons. The van der Waals surface area contributed by atoms with Crippen LogP contribution >= 0.6 is 15.9 Å². The lowest BCUT2D eigenvalue weighted by Crippen LogP contribution is -2.22. The Kier molecular flexibility index (Phi) is 4.85. The molecule has 0 fully saturated rings. The highest BCUT2D eigenvalue weighted by Gasteiger charge is 2.15. The highest BCUT2D eigenvalue weighted by atomic mass is 79.9. The van der Waals surface area contributed by atoms with Gasteiger partial charge in [0.1, 0.15) is 0 Å². The Labute approximate surface area is 133 Å². The Morgan fingerprint density at radius 1 is 1.24 bits per heavy atom. The molecule has 0 atom stereocenters. The smallest absolute Gasteiger partial charge is 0.172 e. The van der Waals surface area contributed by atoms with Gasteiger partial charge in [0, 0.05) is 22.3 Å². The highest BCUT2D eigenvalue weighted by molar-refractivity contribution is 9.10. The van der Waals surface area contributed by atoms with Crippen molar-refractivity contribution < 1.29 is 5.21 Å². The fourth-order valence-electron chi connectivity index (χ4n) is 2.22. The van der Waals surface area contributed by atoms with Gasteiger partial charge in [-0.3, -0.25) is 0 Å². The Morgan fingerprint density at radius 2 is 1.90 bits per heavy atom. The second kappa shape index (κ2) is 6.63. The lowest BCUT2D eigenvalue weighted by molar-refractivity contribution is 0.318. The minimum absolute atomic E-state index is 0.0943. The fraction of sp³-hybridized carbons (Fsp3) is 0.188. The van der Waals surface area contributed by atoms with Crippen LogP contribution in [0.2, 0.25) is 0 Å². The van der Waals surface area contributed by atoms with Gasteiger partial charge in [-0.05, 0) is 44.2 Å². The van der Waals surface area contributed by atoms with Gasteiger partial charge in [-0.2, -0.15) is 0 Å². The lowest BCUT2D eigenvalue weighted by Gasteiger charge is -2.26. The number of anilines is 2. The van der Waals surface area contributed by atoms with E-state index in [1.54, 1.807) is 0 Å². The van der Waals surface area contributed by atoms with Gasteiger partial charge in [0.05, 0.1) is 5.69 Å². The minimum Gasteiger partial charge on any atom is -0.409 e. The Hall–Kier alpha value is -2.01. The first-order valence-electron chi connectivity index (χ1n) is 6.68. The van der Waals surface area contributed by atoms with Gasteiger partial charge < -0.3 is 15.8 Å². The molecule has 2 rings (SSSR count). The van der Waals surface area contributed by atoms with Crippen molar-refractivity contribution in [2.24, 2.45) is 10.9 Å². The Bertz CT molecular complexity index is 653. The molecule has 0 unspecified atom stereocenters. The van der Waals surface area contributed by atoms with E-state index in [0.717, 1.165) is 22.4 Å². The van der Waals surface area contributed by atoms with Crippen molar-refractivity contribution in [3.63, 3.8) is 0 Å². The Morgan fingerprint density at radius 3 is 2.48 bits per heavy atom. The van der Waals surface area contributed by atoms with Crippen molar-refractivity contribution in [1.82, 2.24) is 0 Å². The van der Waals surface area contributed by atoms with E-state index in [2.05, 4.69) is 64.1 Å². The van der Waals surface area contributed by atoms with E-state index in [1.165, 1.54) is 5.56 Å². The summed E-state index contributed by atoms with van der Waals surface area (Å²) in [6.07, 6.45) is 0. The number of nitrogens with zero attached hydrogens (tertiary/aromatic N) is 2. The first-order valence-corrected chi connectivity index (χ1v) is 7.47. The van der Waals surface area contributed by atoms with Crippen molar-refractivity contribution in [3.05, 3.63) is 58.1 Å². The molecular weight excluding hydrogens is 330 g/mol. The zero-order valence-corrected chi connectivity index (χ0v) is 13.6. The Balaban J connectivity index is 2.54. The molecule has 0 aliphatic heterocycles. The summed E-state index contributed by atoms with van der Waals surface area (Å²) in [7, 11) is 0. The third-order valence-electron chi connectivity index (χ3n) is 3.29. The van der Waals surface area contributed by atoms with Gasteiger partial charge in [-0.1, -0.05) is 38.8 Å². The van der Waals surface area contributed by atoms with Crippen LogP contribution in [0.5, 0.6) is 0 Å².